The van der Waals surface area contributed by atoms with Crippen LogP contribution in [-0.2, 0) is 9.53 Å². The molecule has 0 heterocycles. The molecule has 0 unspecified atom stereocenters. The molecule has 0 amide bonds. The minimum absolute atomic E-state index is 0.0579. The number of benzene rings is 3. The van der Waals surface area contributed by atoms with E-state index in [4.69, 9.17) is 14.2 Å². The van der Waals surface area contributed by atoms with Crippen LogP contribution in [0.25, 0.3) is 16.8 Å². The third kappa shape index (κ3) is 4.63. The number of esters is 1. The highest BCUT2D eigenvalue weighted by molar-refractivity contribution is 6.27. The van der Waals surface area contributed by atoms with Crippen LogP contribution in [0.3, 0.4) is 0 Å². The first-order chi connectivity index (χ1) is 14.0. The van der Waals surface area contributed by atoms with E-state index in [1.807, 2.05) is 42.5 Å². The van der Waals surface area contributed by atoms with Gasteiger partial charge in [-0.25, -0.2) is 4.79 Å². The van der Waals surface area contributed by atoms with E-state index in [1.165, 1.54) is 14.2 Å². The van der Waals surface area contributed by atoms with Crippen LogP contribution in [0.2, 0.25) is 0 Å². The van der Waals surface area contributed by atoms with Gasteiger partial charge in [0.1, 0.15) is 17.1 Å². The Hall–Kier alpha value is -3.60. The highest BCUT2D eigenvalue weighted by Crippen LogP contribution is 2.26. The third-order valence-electron chi connectivity index (χ3n) is 4.44. The Morgan fingerprint density at radius 3 is 2.14 bits per heavy atom. The van der Waals surface area contributed by atoms with Gasteiger partial charge < -0.3 is 14.2 Å². The van der Waals surface area contributed by atoms with E-state index in [1.54, 1.807) is 31.2 Å². The molecule has 0 saturated heterocycles. The van der Waals surface area contributed by atoms with Crippen molar-refractivity contribution in [2.24, 2.45) is 0 Å². The fraction of sp³-hybridized carbons (Fsp3) is 0.167. The van der Waals surface area contributed by atoms with Gasteiger partial charge in [0.2, 0.25) is 5.78 Å². The fourth-order valence-corrected chi connectivity index (χ4v) is 2.98. The van der Waals surface area contributed by atoms with E-state index in [2.05, 4.69) is 0 Å². The van der Waals surface area contributed by atoms with Gasteiger partial charge in [-0.1, -0.05) is 36.4 Å². The summed E-state index contributed by atoms with van der Waals surface area (Å²) in [4.78, 5) is 25.7. The van der Waals surface area contributed by atoms with Gasteiger partial charge in [0.05, 0.1) is 20.8 Å². The summed E-state index contributed by atoms with van der Waals surface area (Å²) < 4.78 is 15.6. The summed E-state index contributed by atoms with van der Waals surface area (Å²) in [5.41, 5.74) is 0.952. The normalized spacial score (nSPS) is 11.2. The molecular formula is C24H22O5. The summed E-state index contributed by atoms with van der Waals surface area (Å²) in [5, 5.41) is 2.09. The monoisotopic (exact) mass is 390 g/mol. The zero-order valence-corrected chi connectivity index (χ0v) is 16.6. The molecule has 0 saturated carbocycles. The van der Waals surface area contributed by atoms with Crippen molar-refractivity contribution in [1.82, 2.24) is 0 Å². The maximum Gasteiger partial charge on any atom is 0.342 e. The highest BCUT2D eigenvalue weighted by atomic mass is 16.5. The van der Waals surface area contributed by atoms with E-state index >= 15 is 0 Å². The third-order valence-corrected chi connectivity index (χ3v) is 4.44. The van der Waals surface area contributed by atoms with Crippen LogP contribution in [0.4, 0.5) is 0 Å². The van der Waals surface area contributed by atoms with Crippen molar-refractivity contribution >= 4 is 28.6 Å². The SMILES string of the molecule is CCOC(=O)/C(=C\c1ccc2ccccc2c1)C(=O)c1cc(OC)cc(OC)c1. The molecule has 0 aliphatic heterocycles. The lowest BCUT2D eigenvalue weighted by Gasteiger charge is -2.10. The molecule has 148 valence electrons. The van der Waals surface area contributed by atoms with E-state index in [9.17, 15) is 9.59 Å². The zero-order valence-electron chi connectivity index (χ0n) is 16.6. The first-order valence-corrected chi connectivity index (χ1v) is 9.21. The number of hydrogen-bond donors (Lipinski definition) is 0. The molecule has 0 atom stereocenters. The highest BCUT2D eigenvalue weighted by Gasteiger charge is 2.22. The summed E-state index contributed by atoms with van der Waals surface area (Å²) in [6.45, 7) is 1.87. The molecular weight excluding hydrogens is 368 g/mol. The predicted molar refractivity (Wildman–Crippen MR) is 112 cm³/mol. The maximum atomic E-state index is 13.2. The minimum Gasteiger partial charge on any atom is -0.497 e. The van der Waals surface area contributed by atoms with Crippen LogP contribution >= 0.6 is 0 Å². The molecule has 0 N–H and O–H groups in total. The van der Waals surface area contributed by atoms with Crippen molar-refractivity contribution in [2.75, 3.05) is 20.8 Å². The van der Waals surface area contributed by atoms with Crippen LogP contribution < -0.4 is 9.47 Å². The van der Waals surface area contributed by atoms with Crippen molar-refractivity contribution in [3.05, 3.63) is 77.4 Å². The first kappa shape index (κ1) is 20.1. The number of hydrogen-bond acceptors (Lipinski definition) is 5. The standard InChI is InChI=1S/C24H22O5/c1-4-29-24(26)22(12-16-9-10-17-7-5-6-8-18(17)11-16)23(25)19-13-20(27-2)15-21(14-19)28-3/h5-15H,4H2,1-3H3/b22-12-. The van der Waals surface area contributed by atoms with Gasteiger partial charge in [0.15, 0.2) is 0 Å². The van der Waals surface area contributed by atoms with Crippen molar-refractivity contribution in [2.45, 2.75) is 6.92 Å². The average molecular weight is 390 g/mol. The van der Waals surface area contributed by atoms with Gasteiger partial charge >= 0.3 is 5.97 Å². The number of fused-ring (bicyclic) bond motifs is 1. The molecule has 0 bridgehead atoms. The second kappa shape index (κ2) is 9.06. The lowest BCUT2D eigenvalue weighted by Crippen LogP contribution is -2.16. The van der Waals surface area contributed by atoms with Crippen LogP contribution in [0.5, 0.6) is 11.5 Å². The van der Waals surface area contributed by atoms with Crippen molar-refractivity contribution in [3.63, 3.8) is 0 Å². The van der Waals surface area contributed by atoms with Crippen molar-refractivity contribution < 1.29 is 23.8 Å². The number of ether oxygens (including phenoxy) is 3. The van der Waals surface area contributed by atoms with Gasteiger partial charge in [0, 0.05) is 11.6 Å². The largest absolute Gasteiger partial charge is 0.497 e. The number of carbonyl (C=O) groups is 2. The average Bonchev–Trinajstić information content (AvgIpc) is 2.76. The molecule has 0 spiro atoms. The van der Waals surface area contributed by atoms with Crippen LogP contribution in [0.15, 0.2) is 66.2 Å². The molecule has 0 aliphatic carbocycles. The van der Waals surface area contributed by atoms with Gasteiger partial charge in [0.25, 0.3) is 0 Å². The van der Waals surface area contributed by atoms with Crippen molar-refractivity contribution in [3.8, 4) is 11.5 Å². The number of ketones is 1. The summed E-state index contributed by atoms with van der Waals surface area (Å²) >= 11 is 0. The quantitative estimate of drug-likeness (QED) is 0.193. The van der Waals surface area contributed by atoms with E-state index < -0.39 is 11.8 Å². The van der Waals surface area contributed by atoms with Crippen LogP contribution in [0.1, 0.15) is 22.8 Å². The van der Waals surface area contributed by atoms with E-state index in [0.717, 1.165) is 16.3 Å². The Kier molecular flexibility index (Phi) is 6.29. The first-order valence-electron chi connectivity index (χ1n) is 9.21. The van der Waals surface area contributed by atoms with E-state index in [-0.39, 0.29) is 17.7 Å². The molecule has 0 fully saturated rings. The molecule has 3 aromatic carbocycles. The Labute approximate surface area is 169 Å². The number of rotatable bonds is 7. The topological polar surface area (TPSA) is 61.8 Å². The summed E-state index contributed by atoms with van der Waals surface area (Å²) in [5.74, 6) is -0.218. The number of Topliss-reactive ketones (excluding diaryl/α,β-unsaturated/α-hetero) is 1. The maximum absolute atomic E-state index is 13.2. The van der Waals surface area contributed by atoms with Crippen LogP contribution in [0, 0.1) is 0 Å². The Bertz CT molecular complexity index is 1060. The molecule has 0 aromatic heterocycles. The molecule has 5 nitrogen and oxygen atoms in total. The fourth-order valence-electron chi connectivity index (χ4n) is 2.98. The molecule has 5 heteroatoms. The second-order valence-corrected chi connectivity index (χ2v) is 6.32. The minimum atomic E-state index is -0.674. The zero-order chi connectivity index (χ0) is 20.8. The Morgan fingerprint density at radius 1 is 0.862 bits per heavy atom. The van der Waals surface area contributed by atoms with Crippen LogP contribution in [-0.4, -0.2) is 32.6 Å². The lowest BCUT2D eigenvalue weighted by atomic mass is 9.99. The van der Waals surface area contributed by atoms with Crippen molar-refractivity contribution in [1.29, 1.82) is 0 Å². The lowest BCUT2D eigenvalue weighted by molar-refractivity contribution is -0.137. The molecule has 3 aromatic rings. The van der Waals surface area contributed by atoms with E-state index in [0.29, 0.717) is 11.5 Å². The van der Waals surface area contributed by atoms with Gasteiger partial charge in [-0.2, -0.15) is 0 Å². The molecule has 3 rings (SSSR count). The summed E-state index contributed by atoms with van der Waals surface area (Å²) in [7, 11) is 3.00. The molecule has 29 heavy (non-hydrogen) atoms. The summed E-state index contributed by atoms with van der Waals surface area (Å²) in [6, 6.07) is 18.4. The van der Waals surface area contributed by atoms with Gasteiger partial charge in [-0.15, -0.1) is 0 Å². The smallest absolute Gasteiger partial charge is 0.342 e. The number of methoxy groups -OCH3 is 2. The Morgan fingerprint density at radius 2 is 1.52 bits per heavy atom. The Balaban J connectivity index is 2.07. The second-order valence-electron chi connectivity index (χ2n) is 6.32. The predicted octanol–water partition coefficient (Wildman–Crippen LogP) is 4.69. The molecule has 0 radical (unpaired) electrons. The summed E-state index contributed by atoms with van der Waals surface area (Å²) in [6.07, 6.45) is 1.55. The number of carbonyl (C=O) groups excluding carboxylic acids is 2. The van der Waals surface area contributed by atoms with Gasteiger partial charge in [-0.05, 0) is 47.5 Å². The van der Waals surface area contributed by atoms with Gasteiger partial charge in [-0.3, -0.25) is 4.79 Å². The molecule has 0 aliphatic rings.